The van der Waals surface area contributed by atoms with Crippen LogP contribution in [0.5, 0.6) is 0 Å². The van der Waals surface area contributed by atoms with Gasteiger partial charge in [-0.15, -0.1) is 0 Å². The summed E-state index contributed by atoms with van der Waals surface area (Å²) >= 11 is 7.76. The summed E-state index contributed by atoms with van der Waals surface area (Å²) in [5.74, 6) is 0.287. The Kier molecular flexibility index (Phi) is 3.80. The number of halogens is 1. The fourth-order valence-electron chi connectivity index (χ4n) is 2.78. The largest absolute Gasteiger partial charge is 0.349 e. The minimum absolute atomic E-state index is 0.0803. The zero-order valence-corrected chi connectivity index (χ0v) is 14.0. The summed E-state index contributed by atoms with van der Waals surface area (Å²) < 4.78 is 1.11. The second-order valence-electron chi connectivity index (χ2n) is 5.73. The molecule has 4 nitrogen and oxygen atoms in total. The number of thiazole rings is 1. The van der Waals surface area contributed by atoms with Gasteiger partial charge in [-0.3, -0.25) is 4.79 Å². The average Bonchev–Trinajstić information content (AvgIpc) is 3.02. The number of aryl methyl sites for hydroxylation is 1. The van der Waals surface area contributed by atoms with E-state index in [9.17, 15) is 4.79 Å². The van der Waals surface area contributed by atoms with Crippen molar-refractivity contribution in [1.29, 1.82) is 0 Å². The van der Waals surface area contributed by atoms with E-state index in [1.165, 1.54) is 0 Å². The molecule has 6 heteroatoms. The monoisotopic (exact) mass is 323 g/mol. The van der Waals surface area contributed by atoms with Crippen LogP contribution in [0.15, 0.2) is 12.1 Å². The van der Waals surface area contributed by atoms with Gasteiger partial charge in [-0.05, 0) is 31.0 Å². The van der Waals surface area contributed by atoms with Crippen molar-refractivity contribution in [3.8, 4) is 0 Å². The van der Waals surface area contributed by atoms with Gasteiger partial charge in [0, 0.05) is 32.2 Å². The maximum absolute atomic E-state index is 12.1. The quantitative estimate of drug-likeness (QED) is 0.851. The first-order chi connectivity index (χ1) is 9.95. The van der Waals surface area contributed by atoms with Gasteiger partial charge in [-0.25, -0.2) is 4.98 Å². The predicted octanol–water partition coefficient (Wildman–Crippen LogP) is 3.17. The second kappa shape index (κ2) is 5.46. The summed E-state index contributed by atoms with van der Waals surface area (Å²) in [4.78, 5) is 20.7. The molecule has 0 radical (unpaired) electrons. The van der Waals surface area contributed by atoms with Crippen LogP contribution in [0.25, 0.3) is 10.2 Å². The third-order valence-corrected chi connectivity index (χ3v) is 5.17. The molecule has 2 aromatic rings. The SMILES string of the molecule is Cc1cc(Cl)cc2sc(N3CCC(C(=O)N(C)C)C3)nc12. The molecule has 0 spiro atoms. The zero-order valence-electron chi connectivity index (χ0n) is 12.4. The van der Waals surface area contributed by atoms with E-state index in [0.29, 0.717) is 0 Å². The van der Waals surface area contributed by atoms with Gasteiger partial charge < -0.3 is 9.80 Å². The summed E-state index contributed by atoms with van der Waals surface area (Å²) in [6.45, 7) is 3.67. The Hall–Kier alpha value is -1.33. The van der Waals surface area contributed by atoms with Crippen LogP contribution in [0.1, 0.15) is 12.0 Å². The predicted molar refractivity (Wildman–Crippen MR) is 88.4 cm³/mol. The van der Waals surface area contributed by atoms with Crippen molar-refractivity contribution in [2.24, 2.45) is 5.92 Å². The Morgan fingerprint density at radius 2 is 2.24 bits per heavy atom. The molecule has 1 aromatic carbocycles. The van der Waals surface area contributed by atoms with Crippen molar-refractivity contribution in [3.05, 3.63) is 22.7 Å². The number of carbonyl (C=O) groups is 1. The van der Waals surface area contributed by atoms with Crippen LogP contribution in [0.3, 0.4) is 0 Å². The van der Waals surface area contributed by atoms with E-state index in [1.54, 1.807) is 16.2 Å². The average molecular weight is 324 g/mol. The molecule has 2 heterocycles. The van der Waals surface area contributed by atoms with Gasteiger partial charge in [0.05, 0.1) is 16.1 Å². The summed E-state index contributed by atoms with van der Waals surface area (Å²) in [6, 6.07) is 3.90. The van der Waals surface area contributed by atoms with Crippen LogP contribution in [0.4, 0.5) is 5.13 Å². The van der Waals surface area contributed by atoms with E-state index in [1.807, 2.05) is 33.2 Å². The fourth-order valence-corrected chi connectivity index (χ4v) is 4.23. The smallest absolute Gasteiger partial charge is 0.227 e. The summed E-state index contributed by atoms with van der Waals surface area (Å²) in [7, 11) is 3.63. The zero-order chi connectivity index (χ0) is 15.1. The van der Waals surface area contributed by atoms with Crippen LogP contribution >= 0.6 is 22.9 Å². The van der Waals surface area contributed by atoms with Gasteiger partial charge in [0.1, 0.15) is 0 Å². The number of fused-ring (bicyclic) bond motifs is 1. The first-order valence-electron chi connectivity index (χ1n) is 6.98. The van der Waals surface area contributed by atoms with Gasteiger partial charge >= 0.3 is 0 Å². The molecule has 1 unspecified atom stereocenters. The molecular weight excluding hydrogens is 306 g/mol. The molecule has 112 valence electrons. The standard InChI is InChI=1S/C15H18ClN3OS/c1-9-6-11(16)7-12-13(9)17-15(21-12)19-5-4-10(8-19)14(20)18(2)3/h6-7,10H,4-5,8H2,1-3H3. The number of amides is 1. The number of hydrogen-bond donors (Lipinski definition) is 0. The van der Waals surface area contributed by atoms with Crippen LogP contribution in [0, 0.1) is 12.8 Å². The Labute approximate surface area is 133 Å². The van der Waals surface area contributed by atoms with Gasteiger partial charge in [-0.1, -0.05) is 22.9 Å². The molecule has 0 aliphatic carbocycles. The minimum atomic E-state index is 0.0803. The maximum atomic E-state index is 12.1. The first kappa shape index (κ1) is 14.6. The molecule has 3 rings (SSSR count). The van der Waals surface area contributed by atoms with E-state index in [-0.39, 0.29) is 11.8 Å². The van der Waals surface area contributed by atoms with E-state index in [2.05, 4.69) is 4.90 Å². The van der Waals surface area contributed by atoms with Crippen LogP contribution in [-0.2, 0) is 4.79 Å². The molecule has 1 atom stereocenters. The highest BCUT2D eigenvalue weighted by atomic mass is 35.5. The minimum Gasteiger partial charge on any atom is -0.349 e. The Morgan fingerprint density at radius 3 is 2.95 bits per heavy atom. The lowest BCUT2D eigenvalue weighted by atomic mass is 10.1. The lowest BCUT2D eigenvalue weighted by molar-refractivity contribution is -0.132. The van der Waals surface area contributed by atoms with Crippen molar-refractivity contribution in [1.82, 2.24) is 9.88 Å². The molecule has 0 N–H and O–H groups in total. The Morgan fingerprint density at radius 1 is 1.48 bits per heavy atom. The topological polar surface area (TPSA) is 36.4 Å². The Balaban J connectivity index is 1.85. The molecule has 1 aliphatic heterocycles. The number of nitrogens with zero attached hydrogens (tertiary/aromatic N) is 3. The van der Waals surface area contributed by atoms with Crippen LogP contribution in [0.2, 0.25) is 5.02 Å². The van der Waals surface area contributed by atoms with E-state index < -0.39 is 0 Å². The van der Waals surface area contributed by atoms with Crippen molar-refractivity contribution >= 4 is 44.2 Å². The third kappa shape index (κ3) is 2.72. The second-order valence-corrected chi connectivity index (χ2v) is 7.18. The first-order valence-corrected chi connectivity index (χ1v) is 8.18. The fraction of sp³-hybridized carbons (Fsp3) is 0.467. The number of carbonyl (C=O) groups excluding carboxylic acids is 1. The molecule has 1 aliphatic rings. The summed E-state index contributed by atoms with van der Waals surface area (Å²) in [5.41, 5.74) is 2.11. The van der Waals surface area contributed by atoms with Crippen molar-refractivity contribution < 1.29 is 4.79 Å². The van der Waals surface area contributed by atoms with Crippen molar-refractivity contribution in [2.75, 3.05) is 32.1 Å². The number of anilines is 1. The van der Waals surface area contributed by atoms with Gasteiger partial charge in [-0.2, -0.15) is 0 Å². The van der Waals surface area contributed by atoms with Crippen LogP contribution in [-0.4, -0.2) is 43.0 Å². The van der Waals surface area contributed by atoms with Crippen molar-refractivity contribution in [3.63, 3.8) is 0 Å². The highest BCUT2D eigenvalue weighted by Gasteiger charge is 2.30. The summed E-state index contributed by atoms with van der Waals surface area (Å²) in [6.07, 6.45) is 0.896. The number of rotatable bonds is 2. The highest BCUT2D eigenvalue weighted by Crippen LogP contribution is 2.35. The van der Waals surface area contributed by atoms with Crippen molar-refractivity contribution in [2.45, 2.75) is 13.3 Å². The lowest BCUT2D eigenvalue weighted by Gasteiger charge is -2.17. The molecule has 0 saturated carbocycles. The molecular formula is C15H18ClN3OS. The normalized spacial score (nSPS) is 18.5. The molecule has 21 heavy (non-hydrogen) atoms. The van der Waals surface area contributed by atoms with E-state index in [4.69, 9.17) is 16.6 Å². The molecule has 1 aromatic heterocycles. The molecule has 0 bridgehead atoms. The third-order valence-electron chi connectivity index (χ3n) is 3.89. The van der Waals surface area contributed by atoms with Gasteiger partial charge in [0.2, 0.25) is 5.91 Å². The maximum Gasteiger partial charge on any atom is 0.227 e. The summed E-state index contributed by atoms with van der Waals surface area (Å²) in [5, 5.41) is 1.74. The molecule has 1 amide bonds. The van der Waals surface area contributed by atoms with Gasteiger partial charge in [0.15, 0.2) is 5.13 Å². The molecule has 1 saturated heterocycles. The Bertz CT molecular complexity index is 698. The van der Waals surface area contributed by atoms with Gasteiger partial charge in [0.25, 0.3) is 0 Å². The van der Waals surface area contributed by atoms with Crippen LogP contribution < -0.4 is 4.90 Å². The molecule has 1 fully saturated rings. The number of benzene rings is 1. The van der Waals surface area contributed by atoms with E-state index >= 15 is 0 Å². The number of aromatic nitrogens is 1. The van der Waals surface area contributed by atoms with E-state index in [0.717, 1.165) is 45.4 Å². The number of hydrogen-bond acceptors (Lipinski definition) is 4. The highest BCUT2D eigenvalue weighted by molar-refractivity contribution is 7.22. The lowest BCUT2D eigenvalue weighted by Crippen LogP contribution is -2.31.